The predicted molar refractivity (Wildman–Crippen MR) is 109 cm³/mol. The van der Waals surface area contributed by atoms with E-state index >= 15 is 0 Å². The fourth-order valence-corrected chi connectivity index (χ4v) is 3.37. The molecule has 4 rings (SSSR count). The van der Waals surface area contributed by atoms with Crippen molar-refractivity contribution in [2.75, 3.05) is 23.9 Å². The molecular formula is C22H20N4O3. The van der Waals surface area contributed by atoms with Gasteiger partial charge in [-0.2, -0.15) is 0 Å². The van der Waals surface area contributed by atoms with E-state index in [-0.39, 0.29) is 11.6 Å². The fourth-order valence-electron chi connectivity index (χ4n) is 3.37. The second-order valence-corrected chi connectivity index (χ2v) is 6.73. The van der Waals surface area contributed by atoms with E-state index in [0.717, 1.165) is 19.5 Å². The molecular weight excluding hydrogens is 368 g/mol. The molecule has 2 aromatic carbocycles. The smallest absolute Gasteiger partial charge is 0.337 e. The maximum Gasteiger partial charge on any atom is 0.337 e. The van der Waals surface area contributed by atoms with Crippen LogP contribution < -0.4 is 10.2 Å². The first kappa shape index (κ1) is 18.6. The second kappa shape index (κ2) is 8.10. The maximum atomic E-state index is 12.7. The summed E-state index contributed by atoms with van der Waals surface area (Å²) in [5.41, 5.74) is 3.73. The number of amides is 1. The molecule has 0 radical (unpaired) electrons. The van der Waals surface area contributed by atoms with Crippen LogP contribution in [0.1, 0.15) is 32.0 Å². The summed E-state index contributed by atoms with van der Waals surface area (Å²) in [6, 6.07) is 16.6. The number of carbonyl (C=O) groups excluding carboxylic acids is 2. The third-order valence-corrected chi connectivity index (χ3v) is 4.88. The Morgan fingerprint density at radius 1 is 1.03 bits per heavy atom. The van der Waals surface area contributed by atoms with Crippen LogP contribution in [-0.4, -0.2) is 35.5 Å². The third kappa shape index (κ3) is 4.08. The Hall–Kier alpha value is -3.74. The van der Waals surface area contributed by atoms with Crippen LogP contribution in [0.4, 0.5) is 11.5 Å². The number of carbonyl (C=O) groups is 2. The number of nitrogens with one attached hydrogen (secondary N) is 1. The highest BCUT2D eigenvalue weighted by Crippen LogP contribution is 2.23. The van der Waals surface area contributed by atoms with Crippen molar-refractivity contribution in [3.8, 4) is 0 Å². The van der Waals surface area contributed by atoms with Gasteiger partial charge in [0, 0.05) is 24.8 Å². The van der Waals surface area contributed by atoms with E-state index in [4.69, 9.17) is 4.74 Å². The SMILES string of the molecule is COC(=O)c1cccc(NC(=O)c2cc(N3CCc4ccccc4C3)ncn2)c1. The first-order chi connectivity index (χ1) is 14.1. The van der Waals surface area contributed by atoms with Gasteiger partial charge in [0.1, 0.15) is 17.8 Å². The lowest BCUT2D eigenvalue weighted by molar-refractivity contribution is 0.0600. The molecule has 0 fully saturated rings. The highest BCUT2D eigenvalue weighted by atomic mass is 16.5. The van der Waals surface area contributed by atoms with Crippen molar-refractivity contribution in [2.45, 2.75) is 13.0 Å². The number of esters is 1. The zero-order chi connectivity index (χ0) is 20.2. The minimum Gasteiger partial charge on any atom is -0.465 e. The lowest BCUT2D eigenvalue weighted by Gasteiger charge is -2.29. The molecule has 1 aromatic heterocycles. The van der Waals surface area contributed by atoms with Crippen molar-refractivity contribution in [1.29, 1.82) is 0 Å². The van der Waals surface area contributed by atoms with Crippen LogP contribution in [0, 0.1) is 0 Å². The van der Waals surface area contributed by atoms with Gasteiger partial charge in [-0.25, -0.2) is 14.8 Å². The number of rotatable bonds is 4. The van der Waals surface area contributed by atoms with Gasteiger partial charge in [0.2, 0.25) is 0 Å². The van der Waals surface area contributed by atoms with Crippen LogP contribution in [0.15, 0.2) is 60.9 Å². The van der Waals surface area contributed by atoms with Gasteiger partial charge in [-0.15, -0.1) is 0 Å². The van der Waals surface area contributed by atoms with Gasteiger partial charge >= 0.3 is 5.97 Å². The molecule has 0 atom stereocenters. The second-order valence-electron chi connectivity index (χ2n) is 6.73. The number of anilines is 2. The van der Waals surface area contributed by atoms with Crippen molar-refractivity contribution in [2.24, 2.45) is 0 Å². The summed E-state index contributed by atoms with van der Waals surface area (Å²) < 4.78 is 4.71. The molecule has 1 N–H and O–H groups in total. The fraction of sp³-hybridized carbons (Fsp3) is 0.182. The molecule has 0 spiro atoms. The van der Waals surface area contributed by atoms with Crippen molar-refractivity contribution in [1.82, 2.24) is 9.97 Å². The quantitative estimate of drug-likeness (QED) is 0.692. The first-order valence-electron chi connectivity index (χ1n) is 9.27. The summed E-state index contributed by atoms with van der Waals surface area (Å²) >= 11 is 0. The summed E-state index contributed by atoms with van der Waals surface area (Å²) in [6.45, 7) is 1.58. The molecule has 2 heterocycles. The maximum absolute atomic E-state index is 12.7. The molecule has 7 heteroatoms. The van der Waals surface area contributed by atoms with Crippen LogP contribution in [0.2, 0.25) is 0 Å². The average molecular weight is 388 g/mol. The Bertz CT molecular complexity index is 1070. The molecule has 0 unspecified atom stereocenters. The summed E-state index contributed by atoms with van der Waals surface area (Å²) in [4.78, 5) is 34.9. The van der Waals surface area contributed by atoms with Gasteiger partial charge in [-0.05, 0) is 35.7 Å². The standard InChI is InChI=1S/C22H20N4O3/c1-29-22(28)16-7-4-8-18(11-16)25-21(27)19-12-20(24-14-23-19)26-10-9-15-5-2-3-6-17(15)13-26/h2-8,11-12,14H,9-10,13H2,1H3,(H,25,27). The first-order valence-corrected chi connectivity index (χ1v) is 9.27. The Balaban J connectivity index is 1.50. The van der Waals surface area contributed by atoms with Crippen LogP contribution in [0.3, 0.4) is 0 Å². The van der Waals surface area contributed by atoms with E-state index in [1.54, 1.807) is 30.3 Å². The summed E-state index contributed by atoms with van der Waals surface area (Å²) in [6.07, 6.45) is 2.33. The molecule has 0 saturated heterocycles. The van der Waals surface area contributed by atoms with E-state index in [0.29, 0.717) is 17.1 Å². The van der Waals surface area contributed by atoms with Gasteiger partial charge in [-0.1, -0.05) is 30.3 Å². The molecule has 3 aromatic rings. The number of nitrogens with zero attached hydrogens (tertiary/aromatic N) is 3. The van der Waals surface area contributed by atoms with Crippen LogP contribution in [0.25, 0.3) is 0 Å². The van der Waals surface area contributed by atoms with Gasteiger partial charge in [-0.3, -0.25) is 4.79 Å². The van der Waals surface area contributed by atoms with Crippen molar-refractivity contribution in [3.05, 3.63) is 83.3 Å². The largest absolute Gasteiger partial charge is 0.465 e. The van der Waals surface area contributed by atoms with Crippen molar-refractivity contribution >= 4 is 23.4 Å². The predicted octanol–water partition coefficient (Wildman–Crippen LogP) is 3.08. The van der Waals surface area contributed by atoms with Crippen LogP contribution in [-0.2, 0) is 17.7 Å². The summed E-state index contributed by atoms with van der Waals surface area (Å²) in [7, 11) is 1.31. The highest BCUT2D eigenvalue weighted by molar-refractivity contribution is 6.03. The Morgan fingerprint density at radius 2 is 1.86 bits per heavy atom. The topological polar surface area (TPSA) is 84.4 Å². The molecule has 1 aliphatic heterocycles. The van der Waals surface area contributed by atoms with E-state index in [9.17, 15) is 9.59 Å². The minimum atomic E-state index is -0.462. The Kier molecular flexibility index (Phi) is 5.20. The average Bonchev–Trinajstić information content (AvgIpc) is 2.78. The lowest BCUT2D eigenvalue weighted by atomic mass is 10.00. The number of hydrogen-bond acceptors (Lipinski definition) is 6. The molecule has 7 nitrogen and oxygen atoms in total. The van der Waals surface area contributed by atoms with E-state index in [1.807, 2.05) is 6.07 Å². The highest BCUT2D eigenvalue weighted by Gasteiger charge is 2.19. The molecule has 29 heavy (non-hydrogen) atoms. The van der Waals surface area contributed by atoms with Gasteiger partial charge in [0.25, 0.3) is 5.91 Å². The third-order valence-electron chi connectivity index (χ3n) is 4.88. The number of fused-ring (bicyclic) bond motifs is 1. The molecule has 0 bridgehead atoms. The number of aromatic nitrogens is 2. The number of methoxy groups -OCH3 is 1. The summed E-state index contributed by atoms with van der Waals surface area (Å²) in [5.74, 6) is -0.119. The zero-order valence-electron chi connectivity index (χ0n) is 16.0. The summed E-state index contributed by atoms with van der Waals surface area (Å²) in [5, 5.41) is 2.77. The molecule has 1 aliphatic rings. The van der Waals surface area contributed by atoms with E-state index in [2.05, 4.69) is 38.4 Å². The Morgan fingerprint density at radius 3 is 2.69 bits per heavy atom. The minimum absolute atomic E-state index is 0.261. The number of hydrogen-bond donors (Lipinski definition) is 1. The van der Waals surface area contributed by atoms with Crippen LogP contribution >= 0.6 is 0 Å². The molecule has 146 valence electrons. The van der Waals surface area contributed by atoms with Crippen LogP contribution in [0.5, 0.6) is 0 Å². The van der Waals surface area contributed by atoms with Crippen molar-refractivity contribution < 1.29 is 14.3 Å². The normalized spacial score (nSPS) is 12.8. The lowest BCUT2D eigenvalue weighted by Crippen LogP contribution is -2.31. The Labute approximate surface area is 168 Å². The monoisotopic (exact) mass is 388 g/mol. The van der Waals surface area contributed by atoms with Crippen molar-refractivity contribution in [3.63, 3.8) is 0 Å². The molecule has 1 amide bonds. The molecule has 0 aliphatic carbocycles. The number of benzene rings is 2. The number of ether oxygens (including phenoxy) is 1. The van der Waals surface area contributed by atoms with E-state index < -0.39 is 5.97 Å². The van der Waals surface area contributed by atoms with Gasteiger partial charge in [0.05, 0.1) is 12.7 Å². The van der Waals surface area contributed by atoms with Gasteiger partial charge in [0.15, 0.2) is 0 Å². The zero-order valence-corrected chi connectivity index (χ0v) is 16.0. The van der Waals surface area contributed by atoms with Gasteiger partial charge < -0.3 is 15.0 Å². The van der Waals surface area contributed by atoms with E-state index in [1.165, 1.54) is 24.6 Å². The molecule has 0 saturated carbocycles.